The van der Waals surface area contributed by atoms with Crippen molar-refractivity contribution in [2.75, 3.05) is 0 Å². The Bertz CT molecular complexity index is 1150. The third kappa shape index (κ3) is 3.14. The van der Waals surface area contributed by atoms with Crippen molar-refractivity contribution in [1.82, 2.24) is 15.1 Å². The fourth-order valence-electron chi connectivity index (χ4n) is 2.81. The number of nitrogens with zero attached hydrogens (tertiary/aromatic N) is 3. The largest absolute Gasteiger partial charge is 0.453 e. The summed E-state index contributed by atoms with van der Waals surface area (Å²) in [6, 6.07) is 17.0. The van der Waals surface area contributed by atoms with Crippen LogP contribution in [0.25, 0.3) is 33.9 Å². The highest BCUT2D eigenvalue weighted by molar-refractivity contribution is 5.81. The number of aromatic amines is 1. The number of alkyl halides is 3. The molecule has 0 aliphatic heterocycles. The van der Waals surface area contributed by atoms with Gasteiger partial charge >= 0.3 is 6.18 Å². The molecule has 0 fully saturated rings. The molecule has 138 valence electrons. The Balaban J connectivity index is 1.84. The number of benzene rings is 2. The molecule has 2 aromatic carbocycles. The second-order valence-corrected chi connectivity index (χ2v) is 5.92. The number of hydrogen-bond donors (Lipinski definition) is 1. The van der Waals surface area contributed by atoms with E-state index in [0.29, 0.717) is 22.5 Å². The van der Waals surface area contributed by atoms with Crippen LogP contribution in [0.1, 0.15) is 11.3 Å². The number of imidazole rings is 1. The molecule has 0 aliphatic rings. The molecule has 0 aliphatic carbocycles. The van der Waals surface area contributed by atoms with Crippen molar-refractivity contribution in [3.63, 3.8) is 0 Å². The van der Waals surface area contributed by atoms with Crippen LogP contribution in [-0.4, -0.2) is 15.1 Å². The molecule has 1 N–H and O–H groups in total. The zero-order valence-electron chi connectivity index (χ0n) is 14.2. The Morgan fingerprint density at radius 2 is 1.68 bits per heavy atom. The van der Waals surface area contributed by atoms with Gasteiger partial charge in [-0.15, -0.1) is 0 Å². The number of halogens is 3. The lowest BCUT2D eigenvalue weighted by Gasteiger charge is -2.04. The summed E-state index contributed by atoms with van der Waals surface area (Å²) in [7, 11) is 0. The third-order valence-corrected chi connectivity index (χ3v) is 4.12. The molecule has 0 unspecified atom stereocenters. The van der Waals surface area contributed by atoms with Crippen molar-refractivity contribution in [1.29, 1.82) is 5.26 Å². The fraction of sp³-hybridized carbons (Fsp3) is 0.0500. The minimum Gasteiger partial charge on any atom is -0.350 e. The highest BCUT2D eigenvalue weighted by Gasteiger charge is 2.41. The monoisotopic (exact) mass is 380 g/mol. The van der Waals surface area contributed by atoms with E-state index >= 15 is 0 Å². The number of aromatic nitrogens is 3. The van der Waals surface area contributed by atoms with E-state index < -0.39 is 11.9 Å². The van der Waals surface area contributed by atoms with Crippen LogP contribution in [0.2, 0.25) is 0 Å². The van der Waals surface area contributed by atoms with E-state index in [2.05, 4.69) is 19.6 Å². The molecule has 0 spiro atoms. The predicted molar refractivity (Wildman–Crippen MR) is 94.7 cm³/mol. The fourth-order valence-corrected chi connectivity index (χ4v) is 2.81. The van der Waals surface area contributed by atoms with E-state index in [1.165, 1.54) is 6.20 Å². The summed E-state index contributed by atoms with van der Waals surface area (Å²) in [5.41, 5.74) is 1.49. The van der Waals surface area contributed by atoms with Gasteiger partial charge in [-0.05, 0) is 24.3 Å². The van der Waals surface area contributed by atoms with Gasteiger partial charge in [0.05, 0.1) is 22.9 Å². The van der Waals surface area contributed by atoms with Crippen LogP contribution in [-0.2, 0) is 6.18 Å². The SMILES string of the molecule is N#Cc1ccc(-c2nc(-c3c(-c4ccccc4)noc3C(F)(F)F)c[nH]2)cc1. The molecule has 28 heavy (non-hydrogen) atoms. The van der Waals surface area contributed by atoms with Crippen molar-refractivity contribution < 1.29 is 17.7 Å². The molecular weight excluding hydrogens is 369 g/mol. The average Bonchev–Trinajstić information content (AvgIpc) is 3.35. The van der Waals surface area contributed by atoms with E-state index in [1.54, 1.807) is 54.6 Å². The number of rotatable bonds is 3. The zero-order valence-corrected chi connectivity index (χ0v) is 14.2. The van der Waals surface area contributed by atoms with E-state index in [4.69, 9.17) is 5.26 Å². The zero-order chi connectivity index (χ0) is 19.7. The molecule has 4 rings (SSSR count). The standard InChI is InChI=1S/C20H11F3N4O/c21-20(22,23)18-16(17(27-28-18)13-4-2-1-3-5-13)15-11-25-19(26-15)14-8-6-12(10-24)7-9-14/h1-9,11H,(H,25,26). The van der Waals surface area contributed by atoms with Crippen molar-refractivity contribution >= 4 is 0 Å². The van der Waals surface area contributed by atoms with Gasteiger partial charge in [-0.3, -0.25) is 0 Å². The Morgan fingerprint density at radius 1 is 0.964 bits per heavy atom. The van der Waals surface area contributed by atoms with Crippen molar-refractivity contribution in [3.8, 4) is 40.0 Å². The van der Waals surface area contributed by atoms with Gasteiger partial charge in [0.1, 0.15) is 11.5 Å². The van der Waals surface area contributed by atoms with Crippen molar-refractivity contribution in [3.05, 3.63) is 72.1 Å². The molecule has 8 heteroatoms. The van der Waals surface area contributed by atoms with Gasteiger partial charge in [0.2, 0.25) is 5.76 Å². The van der Waals surface area contributed by atoms with E-state index in [9.17, 15) is 13.2 Å². The minimum absolute atomic E-state index is 0.0609. The maximum absolute atomic E-state index is 13.5. The summed E-state index contributed by atoms with van der Waals surface area (Å²) in [6.07, 6.45) is -3.34. The predicted octanol–water partition coefficient (Wildman–Crippen LogP) is 5.29. The molecule has 0 bridgehead atoms. The van der Waals surface area contributed by atoms with E-state index in [0.717, 1.165) is 0 Å². The molecule has 0 radical (unpaired) electrons. The van der Waals surface area contributed by atoms with Gasteiger partial charge < -0.3 is 9.51 Å². The summed E-state index contributed by atoms with van der Waals surface area (Å²) in [5.74, 6) is -0.836. The second-order valence-electron chi connectivity index (χ2n) is 5.92. The van der Waals surface area contributed by atoms with Gasteiger partial charge in [0, 0.05) is 17.3 Å². The molecule has 0 atom stereocenters. The van der Waals surface area contributed by atoms with Crippen LogP contribution in [0.5, 0.6) is 0 Å². The minimum atomic E-state index is -4.72. The molecule has 0 saturated heterocycles. The van der Waals surface area contributed by atoms with Crippen LogP contribution in [0.4, 0.5) is 13.2 Å². The Hall–Kier alpha value is -3.86. The van der Waals surface area contributed by atoms with Gasteiger partial charge in [-0.2, -0.15) is 18.4 Å². The molecular formula is C20H11F3N4O. The summed E-state index contributed by atoms with van der Waals surface area (Å²) in [5, 5.41) is 12.5. The first-order valence-electron chi connectivity index (χ1n) is 8.16. The van der Waals surface area contributed by atoms with E-state index in [-0.39, 0.29) is 17.0 Å². The topological polar surface area (TPSA) is 78.5 Å². The molecule has 4 aromatic rings. The summed E-state index contributed by atoms with van der Waals surface area (Å²) < 4.78 is 45.1. The maximum atomic E-state index is 13.5. The number of nitrogens with one attached hydrogen (secondary N) is 1. The van der Waals surface area contributed by atoms with Gasteiger partial charge in [-0.1, -0.05) is 35.5 Å². The molecule has 2 heterocycles. The van der Waals surface area contributed by atoms with Gasteiger partial charge in [-0.25, -0.2) is 4.98 Å². The Labute approximate surface area is 157 Å². The van der Waals surface area contributed by atoms with Crippen LogP contribution >= 0.6 is 0 Å². The molecule has 0 amide bonds. The van der Waals surface area contributed by atoms with Crippen molar-refractivity contribution in [2.24, 2.45) is 0 Å². The first kappa shape index (κ1) is 17.5. The van der Waals surface area contributed by atoms with Crippen LogP contribution in [0, 0.1) is 11.3 Å². The average molecular weight is 380 g/mol. The van der Waals surface area contributed by atoms with Crippen LogP contribution in [0.3, 0.4) is 0 Å². The molecule has 2 aromatic heterocycles. The van der Waals surface area contributed by atoms with Crippen LogP contribution in [0.15, 0.2) is 65.3 Å². The van der Waals surface area contributed by atoms with Crippen LogP contribution < -0.4 is 0 Å². The lowest BCUT2D eigenvalue weighted by molar-refractivity contribution is -0.154. The van der Waals surface area contributed by atoms with Gasteiger partial charge in [0.15, 0.2) is 0 Å². The number of H-pyrrole nitrogens is 1. The smallest absolute Gasteiger partial charge is 0.350 e. The Morgan fingerprint density at radius 3 is 2.32 bits per heavy atom. The normalized spacial score (nSPS) is 11.4. The summed E-state index contributed by atoms with van der Waals surface area (Å²) in [4.78, 5) is 7.17. The van der Waals surface area contributed by atoms with Crippen molar-refractivity contribution in [2.45, 2.75) is 6.18 Å². The first-order valence-corrected chi connectivity index (χ1v) is 8.16. The lowest BCUT2D eigenvalue weighted by Crippen LogP contribution is -2.05. The summed E-state index contributed by atoms with van der Waals surface area (Å²) in [6.45, 7) is 0. The highest BCUT2D eigenvalue weighted by atomic mass is 19.4. The third-order valence-electron chi connectivity index (χ3n) is 4.12. The van der Waals surface area contributed by atoms with Gasteiger partial charge in [0.25, 0.3) is 0 Å². The number of nitriles is 1. The Kier molecular flexibility index (Phi) is 4.20. The first-order chi connectivity index (χ1) is 13.5. The highest BCUT2D eigenvalue weighted by Crippen LogP contribution is 2.42. The van der Waals surface area contributed by atoms with E-state index in [1.807, 2.05) is 6.07 Å². The molecule has 5 nitrogen and oxygen atoms in total. The summed E-state index contributed by atoms with van der Waals surface area (Å²) >= 11 is 0. The maximum Gasteiger partial charge on any atom is 0.453 e. The number of hydrogen-bond acceptors (Lipinski definition) is 4. The molecule has 0 saturated carbocycles. The quantitative estimate of drug-likeness (QED) is 0.524. The lowest BCUT2D eigenvalue weighted by atomic mass is 10.0. The second kappa shape index (κ2) is 6.70.